The smallest absolute Gasteiger partial charge is 0.497 e. The minimum Gasteiger partial charge on any atom is -0.497 e. The van der Waals surface area contributed by atoms with Crippen LogP contribution in [0.4, 0.5) is 0 Å². The lowest BCUT2D eigenvalue weighted by molar-refractivity contribution is -0.194. The van der Waals surface area contributed by atoms with E-state index in [-0.39, 0.29) is 36.4 Å². The second-order valence-corrected chi connectivity index (χ2v) is 10.4. The average molecular weight is 554 g/mol. The Morgan fingerprint density at radius 1 is 1.11 bits per heavy atom. The molecule has 1 aliphatic heterocycles. The second kappa shape index (κ2) is 11.8. The molecule has 208 valence electrons. The normalized spacial score (nSPS) is 17.2. The first kappa shape index (κ1) is 28.0. The zero-order valence-electron chi connectivity index (χ0n) is 21.8. The van der Waals surface area contributed by atoms with Crippen molar-refractivity contribution in [2.75, 3.05) is 34.4 Å². The molecule has 1 N–H and O–H groups in total. The van der Waals surface area contributed by atoms with Crippen LogP contribution < -0.4 is 10.6 Å². The molecule has 14 heteroatoms. The highest BCUT2D eigenvalue weighted by molar-refractivity contribution is 7.48. The van der Waals surface area contributed by atoms with Crippen molar-refractivity contribution >= 4 is 18.7 Å². The molecule has 0 amide bonds. The topological polar surface area (TPSA) is 144 Å². The number of fused-ring (bicyclic) bond motifs is 1. The van der Waals surface area contributed by atoms with E-state index >= 15 is 0 Å². The summed E-state index contributed by atoms with van der Waals surface area (Å²) in [6, 6.07) is 5.64. The molecule has 0 saturated carbocycles. The third kappa shape index (κ3) is 6.68. The summed E-state index contributed by atoms with van der Waals surface area (Å²) in [6.45, 7) is 1.43. The van der Waals surface area contributed by atoms with E-state index in [0.29, 0.717) is 5.75 Å². The van der Waals surface area contributed by atoms with Gasteiger partial charge in [-0.05, 0) is 58.1 Å². The summed E-state index contributed by atoms with van der Waals surface area (Å²) in [5, 5.41) is 10.5. The van der Waals surface area contributed by atoms with Crippen LogP contribution >= 0.6 is 7.82 Å². The lowest BCUT2D eigenvalue weighted by Crippen LogP contribution is -2.14. The standard InChI is InChI=1S/C24H31N2O11P/c1-15-21(36-23(27)34-15)12-31-38(29,32-13-22-16(2)35-24(28)37-22)33-14-26-11-17(8-9-25(3)4)19-10-18(30-5)6-7-20(19)26/h6-7,10-11,23,27H,8-9,12-14H2,1-5H3. The predicted molar refractivity (Wildman–Crippen MR) is 133 cm³/mol. The van der Waals surface area contributed by atoms with Gasteiger partial charge >= 0.3 is 20.1 Å². The Kier molecular flexibility index (Phi) is 8.66. The second-order valence-electron chi connectivity index (χ2n) is 8.77. The number of allylic oxidation sites excluding steroid dienone is 1. The van der Waals surface area contributed by atoms with Gasteiger partial charge < -0.3 is 37.6 Å². The van der Waals surface area contributed by atoms with Gasteiger partial charge in [0.05, 0.1) is 12.6 Å². The van der Waals surface area contributed by atoms with Crippen molar-refractivity contribution in [3.05, 3.63) is 63.6 Å². The summed E-state index contributed by atoms with van der Waals surface area (Å²) < 4.78 is 57.4. The zero-order chi connectivity index (χ0) is 27.4. The van der Waals surface area contributed by atoms with Gasteiger partial charge in [0, 0.05) is 18.1 Å². The van der Waals surface area contributed by atoms with Crippen molar-refractivity contribution in [1.29, 1.82) is 0 Å². The molecule has 1 aliphatic rings. The Labute approximate surface area is 218 Å². The van der Waals surface area contributed by atoms with Crippen molar-refractivity contribution in [3.63, 3.8) is 0 Å². The summed E-state index contributed by atoms with van der Waals surface area (Å²) in [5.41, 5.74) is 1.88. The summed E-state index contributed by atoms with van der Waals surface area (Å²) >= 11 is 0. The Hall–Kier alpha value is -3.06. The molecule has 2 atom stereocenters. The SMILES string of the molecule is COc1ccc2c(c1)c(CCN(C)C)cn2COP(=O)(OCC1=C(C)OC(O)O1)OCc1oc(=O)oc1C. The molecule has 4 rings (SSSR count). The van der Waals surface area contributed by atoms with E-state index in [1.54, 1.807) is 18.6 Å². The number of likely N-dealkylation sites (N-methyl/N-ethyl adjacent to an activating group) is 1. The number of nitrogens with zero attached hydrogens (tertiary/aromatic N) is 2. The fourth-order valence-corrected chi connectivity index (χ4v) is 4.77. The van der Waals surface area contributed by atoms with E-state index in [1.807, 2.05) is 38.5 Å². The molecule has 1 aromatic carbocycles. The number of aliphatic hydroxyl groups is 1. The molecule has 3 heterocycles. The summed E-state index contributed by atoms with van der Waals surface area (Å²) in [5.74, 6) is 0.395. The molecular formula is C24H31N2O11P. The predicted octanol–water partition coefficient (Wildman–Crippen LogP) is 3.48. The highest BCUT2D eigenvalue weighted by atomic mass is 31.2. The van der Waals surface area contributed by atoms with Crippen molar-refractivity contribution in [2.24, 2.45) is 0 Å². The molecule has 2 unspecified atom stereocenters. The Balaban J connectivity index is 1.56. The number of rotatable bonds is 13. The van der Waals surface area contributed by atoms with Crippen LogP contribution in [0.5, 0.6) is 5.75 Å². The maximum atomic E-state index is 13.6. The van der Waals surface area contributed by atoms with Crippen LogP contribution in [-0.2, 0) is 47.4 Å². The van der Waals surface area contributed by atoms with Gasteiger partial charge in [-0.15, -0.1) is 0 Å². The van der Waals surface area contributed by atoms with Gasteiger partial charge in [0.1, 0.15) is 37.2 Å². The largest absolute Gasteiger partial charge is 0.519 e. The molecule has 0 saturated heterocycles. The number of aromatic nitrogens is 1. The van der Waals surface area contributed by atoms with Gasteiger partial charge in [-0.3, -0.25) is 13.6 Å². The summed E-state index contributed by atoms with van der Waals surface area (Å²) in [4.78, 5) is 13.5. The number of aliphatic hydroxyl groups excluding tert-OH is 1. The fraction of sp³-hybridized carbons (Fsp3) is 0.458. The number of phosphoric acid groups is 1. The van der Waals surface area contributed by atoms with E-state index in [4.69, 9.17) is 36.6 Å². The minimum atomic E-state index is -4.28. The number of aryl methyl sites for hydroxylation is 1. The van der Waals surface area contributed by atoms with Crippen molar-refractivity contribution in [1.82, 2.24) is 9.47 Å². The van der Waals surface area contributed by atoms with Crippen LogP contribution in [0.3, 0.4) is 0 Å². The van der Waals surface area contributed by atoms with Crippen LogP contribution in [0.25, 0.3) is 10.9 Å². The zero-order valence-corrected chi connectivity index (χ0v) is 22.7. The number of methoxy groups -OCH3 is 1. The van der Waals surface area contributed by atoms with Crippen LogP contribution in [0.1, 0.15) is 24.0 Å². The number of phosphoric ester groups is 1. The molecule has 0 spiro atoms. The van der Waals surface area contributed by atoms with E-state index in [1.165, 1.54) is 6.92 Å². The lowest BCUT2D eigenvalue weighted by atomic mass is 10.1. The monoisotopic (exact) mass is 554 g/mol. The first-order valence-corrected chi connectivity index (χ1v) is 13.2. The lowest BCUT2D eigenvalue weighted by Gasteiger charge is -2.18. The molecule has 0 fully saturated rings. The van der Waals surface area contributed by atoms with E-state index in [0.717, 1.165) is 29.4 Å². The first-order chi connectivity index (χ1) is 18.1. The highest BCUT2D eigenvalue weighted by Gasteiger charge is 2.32. The molecule has 2 aromatic heterocycles. The molecule has 13 nitrogen and oxygen atoms in total. The summed E-state index contributed by atoms with van der Waals surface area (Å²) in [6.07, 6.45) is 2.67. The van der Waals surface area contributed by atoms with E-state index in [2.05, 4.69) is 4.90 Å². The fourth-order valence-electron chi connectivity index (χ4n) is 3.73. The third-order valence-electron chi connectivity index (χ3n) is 5.81. The first-order valence-electron chi connectivity index (χ1n) is 11.7. The van der Waals surface area contributed by atoms with Crippen molar-refractivity contribution in [3.8, 4) is 5.75 Å². The van der Waals surface area contributed by atoms with Gasteiger partial charge in [-0.1, -0.05) is 0 Å². The third-order valence-corrected chi connectivity index (χ3v) is 7.13. The molecule has 0 aliphatic carbocycles. The van der Waals surface area contributed by atoms with Gasteiger partial charge in [0.25, 0.3) is 0 Å². The van der Waals surface area contributed by atoms with Gasteiger partial charge in [-0.25, -0.2) is 9.36 Å². The molecular weight excluding hydrogens is 523 g/mol. The maximum Gasteiger partial charge on any atom is 0.519 e. The molecule has 38 heavy (non-hydrogen) atoms. The minimum absolute atomic E-state index is 0.0400. The maximum absolute atomic E-state index is 13.6. The summed E-state index contributed by atoms with van der Waals surface area (Å²) in [7, 11) is 1.30. The molecule has 3 aromatic rings. The van der Waals surface area contributed by atoms with Crippen LogP contribution in [0, 0.1) is 6.92 Å². The number of hydrogen-bond donors (Lipinski definition) is 1. The molecule has 0 bridgehead atoms. The van der Waals surface area contributed by atoms with Crippen LogP contribution in [-0.4, -0.2) is 55.4 Å². The molecule has 0 radical (unpaired) electrons. The van der Waals surface area contributed by atoms with Crippen LogP contribution in [0.2, 0.25) is 0 Å². The van der Waals surface area contributed by atoms with Gasteiger partial charge in [0.15, 0.2) is 11.5 Å². The van der Waals surface area contributed by atoms with Gasteiger partial charge in [-0.2, -0.15) is 0 Å². The average Bonchev–Trinajstić information content (AvgIpc) is 3.51. The number of ether oxygens (including phenoxy) is 3. The number of hydrogen-bond acceptors (Lipinski definition) is 12. The van der Waals surface area contributed by atoms with Crippen LogP contribution in [0.15, 0.2) is 49.5 Å². The van der Waals surface area contributed by atoms with Crippen molar-refractivity contribution in [2.45, 2.75) is 40.1 Å². The van der Waals surface area contributed by atoms with E-state index in [9.17, 15) is 14.5 Å². The number of benzene rings is 1. The highest BCUT2D eigenvalue weighted by Crippen LogP contribution is 2.51. The van der Waals surface area contributed by atoms with E-state index < -0.39 is 26.7 Å². The van der Waals surface area contributed by atoms with Crippen molar-refractivity contribution < 1.29 is 46.3 Å². The quantitative estimate of drug-likeness (QED) is 0.309. The Morgan fingerprint density at radius 3 is 2.50 bits per heavy atom. The van der Waals surface area contributed by atoms with Gasteiger partial charge in [0.2, 0.25) is 0 Å². The Bertz CT molecular complexity index is 1400. The Morgan fingerprint density at radius 2 is 1.87 bits per heavy atom.